The molecule has 0 spiro atoms. The molecular formula is C19H26ClNO5S. The first kappa shape index (κ1) is 21.7. The molecule has 1 fully saturated rings. The van der Waals surface area contributed by atoms with Gasteiger partial charge >= 0.3 is 5.97 Å². The fourth-order valence-electron chi connectivity index (χ4n) is 2.83. The maximum absolute atomic E-state index is 13.1. The number of carbonyl (C=O) groups is 2. The number of nitrogens with zero attached hydrogens (tertiary/aromatic N) is 1. The molecule has 1 aliphatic rings. The summed E-state index contributed by atoms with van der Waals surface area (Å²) < 4.78 is 16.1. The Morgan fingerprint density at radius 3 is 2.74 bits per heavy atom. The van der Waals surface area contributed by atoms with Crippen molar-refractivity contribution in [1.82, 2.24) is 4.90 Å². The van der Waals surface area contributed by atoms with Crippen LogP contribution in [0.15, 0.2) is 12.1 Å². The Hall–Kier alpha value is -1.60. The number of ether oxygens (including phenoxy) is 3. The maximum Gasteiger partial charge on any atom is 0.307 e. The van der Waals surface area contributed by atoms with Gasteiger partial charge in [0.05, 0.1) is 37.8 Å². The second kappa shape index (κ2) is 10.7. The minimum atomic E-state index is -0.323. The van der Waals surface area contributed by atoms with Crippen LogP contribution in [0, 0.1) is 0 Å². The largest absolute Gasteiger partial charge is 0.490 e. The summed E-state index contributed by atoms with van der Waals surface area (Å²) >= 11 is 8.10. The minimum absolute atomic E-state index is 0.172. The molecule has 1 heterocycles. The van der Waals surface area contributed by atoms with E-state index < -0.39 is 0 Å². The molecule has 1 amide bonds. The van der Waals surface area contributed by atoms with E-state index >= 15 is 0 Å². The molecule has 150 valence electrons. The van der Waals surface area contributed by atoms with E-state index in [1.54, 1.807) is 28.8 Å². The van der Waals surface area contributed by atoms with Gasteiger partial charge in [-0.05, 0) is 25.5 Å². The fourth-order valence-corrected chi connectivity index (χ4v) is 4.16. The van der Waals surface area contributed by atoms with Crippen molar-refractivity contribution in [2.75, 3.05) is 38.4 Å². The first-order valence-corrected chi connectivity index (χ1v) is 10.6. The fraction of sp³-hybridized carbons (Fsp3) is 0.579. The van der Waals surface area contributed by atoms with Gasteiger partial charge in [-0.3, -0.25) is 9.59 Å². The molecular weight excluding hydrogens is 390 g/mol. The lowest BCUT2D eigenvalue weighted by Crippen LogP contribution is -2.47. The van der Waals surface area contributed by atoms with Gasteiger partial charge in [0, 0.05) is 23.6 Å². The molecule has 0 bridgehead atoms. The van der Waals surface area contributed by atoms with Crippen LogP contribution in [-0.2, 0) is 9.53 Å². The van der Waals surface area contributed by atoms with E-state index in [0.717, 1.165) is 12.2 Å². The van der Waals surface area contributed by atoms with Crippen molar-refractivity contribution >= 4 is 35.2 Å². The molecule has 1 aromatic rings. The van der Waals surface area contributed by atoms with Crippen LogP contribution in [0.25, 0.3) is 0 Å². The molecule has 1 saturated heterocycles. The third kappa shape index (κ3) is 5.69. The van der Waals surface area contributed by atoms with Crippen LogP contribution >= 0.6 is 23.4 Å². The molecule has 0 radical (unpaired) electrons. The number of amides is 1. The number of carbonyl (C=O) groups excluding carboxylic acids is 2. The zero-order chi connectivity index (χ0) is 19.8. The molecule has 2 rings (SSSR count). The van der Waals surface area contributed by atoms with Crippen LogP contribution in [0.5, 0.6) is 11.5 Å². The molecule has 0 N–H and O–H groups in total. The molecule has 1 aliphatic heterocycles. The molecule has 6 nitrogen and oxygen atoms in total. The minimum Gasteiger partial charge on any atom is -0.490 e. The second-order valence-electron chi connectivity index (χ2n) is 6.07. The number of esters is 1. The Morgan fingerprint density at radius 2 is 2.07 bits per heavy atom. The zero-order valence-corrected chi connectivity index (χ0v) is 17.5. The molecule has 0 unspecified atom stereocenters. The lowest BCUT2D eigenvalue weighted by molar-refractivity contribution is -0.141. The predicted molar refractivity (Wildman–Crippen MR) is 107 cm³/mol. The van der Waals surface area contributed by atoms with Crippen LogP contribution in [0.1, 0.15) is 37.0 Å². The van der Waals surface area contributed by atoms with Gasteiger partial charge in [0.15, 0.2) is 11.5 Å². The molecule has 27 heavy (non-hydrogen) atoms. The smallest absolute Gasteiger partial charge is 0.307 e. The molecule has 1 atom stereocenters. The van der Waals surface area contributed by atoms with E-state index in [0.29, 0.717) is 47.6 Å². The van der Waals surface area contributed by atoms with Crippen molar-refractivity contribution in [2.24, 2.45) is 0 Å². The molecule has 1 aromatic carbocycles. The zero-order valence-electron chi connectivity index (χ0n) is 16.0. The first-order chi connectivity index (χ1) is 13.0. The van der Waals surface area contributed by atoms with E-state index in [1.165, 1.54) is 7.11 Å². The number of methoxy groups -OCH3 is 1. The van der Waals surface area contributed by atoms with Gasteiger partial charge in [-0.2, -0.15) is 11.8 Å². The summed E-state index contributed by atoms with van der Waals surface area (Å²) in [6.07, 6.45) is 1.02. The summed E-state index contributed by atoms with van der Waals surface area (Å²) in [5.41, 5.74) is 0.425. The lowest BCUT2D eigenvalue weighted by Gasteiger charge is -2.35. The number of benzene rings is 1. The van der Waals surface area contributed by atoms with Gasteiger partial charge in [-0.15, -0.1) is 0 Å². The van der Waals surface area contributed by atoms with Crippen molar-refractivity contribution in [3.63, 3.8) is 0 Å². The molecule has 0 aromatic heterocycles. The van der Waals surface area contributed by atoms with Gasteiger partial charge in [-0.25, -0.2) is 0 Å². The highest BCUT2D eigenvalue weighted by Gasteiger charge is 2.30. The van der Waals surface area contributed by atoms with Gasteiger partial charge < -0.3 is 19.1 Å². The number of hydrogen-bond donors (Lipinski definition) is 0. The SMILES string of the molecule is CCCOc1c(Cl)cc(C(=O)N2CCSC[C@H]2CC(=O)OC)cc1OCC. The van der Waals surface area contributed by atoms with E-state index in [1.807, 2.05) is 13.8 Å². The van der Waals surface area contributed by atoms with Crippen molar-refractivity contribution in [1.29, 1.82) is 0 Å². The van der Waals surface area contributed by atoms with Crippen LogP contribution < -0.4 is 9.47 Å². The van der Waals surface area contributed by atoms with E-state index in [2.05, 4.69) is 0 Å². The molecule has 0 aliphatic carbocycles. The number of hydrogen-bond acceptors (Lipinski definition) is 6. The van der Waals surface area contributed by atoms with Gasteiger partial charge in [0.2, 0.25) is 0 Å². The average Bonchev–Trinajstić information content (AvgIpc) is 2.67. The van der Waals surface area contributed by atoms with Crippen molar-refractivity contribution < 1.29 is 23.8 Å². The lowest BCUT2D eigenvalue weighted by atomic mass is 10.1. The van der Waals surface area contributed by atoms with Crippen molar-refractivity contribution in [3.05, 3.63) is 22.7 Å². The van der Waals surface area contributed by atoms with Gasteiger partial charge in [-0.1, -0.05) is 18.5 Å². The quantitative estimate of drug-likeness (QED) is 0.604. The van der Waals surface area contributed by atoms with Crippen molar-refractivity contribution in [3.8, 4) is 11.5 Å². The summed E-state index contributed by atoms with van der Waals surface area (Å²) in [4.78, 5) is 26.5. The van der Waals surface area contributed by atoms with Gasteiger partial charge in [0.25, 0.3) is 5.91 Å². The predicted octanol–water partition coefficient (Wildman–Crippen LogP) is 3.65. The van der Waals surface area contributed by atoms with Gasteiger partial charge in [0.1, 0.15) is 0 Å². The topological polar surface area (TPSA) is 65.1 Å². The maximum atomic E-state index is 13.1. The average molecular weight is 416 g/mol. The Bertz CT molecular complexity index is 670. The van der Waals surface area contributed by atoms with E-state index in [-0.39, 0.29) is 24.3 Å². The second-order valence-corrected chi connectivity index (χ2v) is 7.63. The highest BCUT2D eigenvalue weighted by molar-refractivity contribution is 7.99. The normalized spacial score (nSPS) is 16.7. The Labute approximate surface area is 169 Å². The van der Waals surface area contributed by atoms with Crippen LogP contribution in [0.2, 0.25) is 5.02 Å². The highest BCUT2D eigenvalue weighted by atomic mass is 35.5. The molecule has 0 saturated carbocycles. The Kier molecular flexibility index (Phi) is 8.57. The van der Waals surface area contributed by atoms with Crippen molar-refractivity contribution in [2.45, 2.75) is 32.7 Å². The molecule has 8 heteroatoms. The Balaban J connectivity index is 2.28. The summed E-state index contributed by atoms with van der Waals surface area (Å²) in [5.74, 6) is 1.94. The van der Waals surface area contributed by atoms with Crippen LogP contribution in [0.3, 0.4) is 0 Å². The summed E-state index contributed by atoms with van der Waals surface area (Å²) in [6.45, 7) is 5.38. The summed E-state index contributed by atoms with van der Waals surface area (Å²) in [7, 11) is 1.35. The monoisotopic (exact) mass is 415 g/mol. The third-order valence-corrected chi connectivity index (χ3v) is 5.50. The van der Waals surface area contributed by atoms with E-state index in [9.17, 15) is 9.59 Å². The highest BCUT2D eigenvalue weighted by Crippen LogP contribution is 2.37. The first-order valence-electron chi connectivity index (χ1n) is 9.06. The Morgan fingerprint density at radius 1 is 1.30 bits per heavy atom. The van der Waals surface area contributed by atoms with E-state index in [4.69, 9.17) is 25.8 Å². The van der Waals surface area contributed by atoms with Crippen LogP contribution in [-0.4, -0.2) is 61.2 Å². The summed E-state index contributed by atoms with van der Waals surface area (Å²) in [5, 5.41) is 0.341. The third-order valence-electron chi connectivity index (χ3n) is 4.13. The summed E-state index contributed by atoms with van der Waals surface area (Å²) in [6, 6.07) is 3.07. The standard InChI is InChI=1S/C19H26ClNO5S/c1-4-7-26-18-15(20)9-13(10-16(18)25-5-2)19(23)21-6-8-27-12-14(21)11-17(22)24-3/h9-10,14H,4-8,11-12H2,1-3H3/t14-/m1/s1. The number of halogens is 1. The number of rotatable bonds is 8. The number of thioether (sulfide) groups is 1. The van der Waals surface area contributed by atoms with Crippen LogP contribution in [0.4, 0.5) is 0 Å².